The Morgan fingerprint density at radius 3 is 2.45 bits per heavy atom. The van der Waals surface area contributed by atoms with Crippen LogP contribution in [-0.4, -0.2) is 64.8 Å². The van der Waals surface area contributed by atoms with E-state index in [0.29, 0.717) is 32.1 Å². The average molecular weight is 314 g/mol. The first-order valence-electron chi connectivity index (χ1n) is 8.24. The van der Waals surface area contributed by atoms with E-state index < -0.39 is 24.2 Å². The second-order valence-corrected chi connectivity index (χ2v) is 7.01. The predicted octanol–water partition coefficient (Wildman–Crippen LogP) is 0.0208. The Bertz CT molecular complexity index is 413. The first kappa shape index (κ1) is 16.3. The highest BCUT2D eigenvalue weighted by molar-refractivity contribution is 5.83. The number of methoxy groups -OCH3 is 1. The Morgan fingerprint density at radius 1 is 1.00 bits per heavy atom. The molecule has 0 aromatic carbocycles. The van der Waals surface area contributed by atoms with Gasteiger partial charge in [0.25, 0.3) is 0 Å². The summed E-state index contributed by atoms with van der Waals surface area (Å²) in [6.07, 6.45) is 0.443. The Kier molecular flexibility index (Phi) is 4.85. The number of carbonyl (C=O) groups is 1. The Balaban J connectivity index is 1.68. The maximum atomic E-state index is 12.4. The van der Waals surface area contributed by atoms with Crippen molar-refractivity contribution >= 4 is 5.78 Å². The summed E-state index contributed by atoms with van der Waals surface area (Å²) in [7, 11) is 1.61. The lowest BCUT2D eigenvalue weighted by atomic mass is 9.73. The van der Waals surface area contributed by atoms with E-state index >= 15 is 0 Å². The molecule has 3 rings (SSSR count). The lowest BCUT2D eigenvalue weighted by molar-refractivity contribution is -0.186. The monoisotopic (exact) mass is 314 g/mol. The van der Waals surface area contributed by atoms with E-state index in [4.69, 9.17) is 9.47 Å². The summed E-state index contributed by atoms with van der Waals surface area (Å²) in [6.45, 7) is 0. The zero-order valence-corrected chi connectivity index (χ0v) is 12.9. The lowest BCUT2D eigenvalue weighted by Gasteiger charge is -2.46. The van der Waals surface area contributed by atoms with Crippen LogP contribution in [0, 0.1) is 11.8 Å². The molecule has 3 fully saturated rings. The van der Waals surface area contributed by atoms with Gasteiger partial charge in [-0.25, -0.2) is 0 Å². The number of aliphatic hydroxyl groups excluding tert-OH is 3. The van der Waals surface area contributed by atoms with Crippen LogP contribution < -0.4 is 0 Å². The number of hydrogen-bond donors (Lipinski definition) is 3. The molecule has 6 nitrogen and oxygen atoms in total. The SMILES string of the molecule is COC1CC(O)C2C(=O)CC(C3CCC(O)C(O)C3)OC2C1. The van der Waals surface area contributed by atoms with Crippen molar-refractivity contribution in [3.8, 4) is 0 Å². The second kappa shape index (κ2) is 6.53. The Morgan fingerprint density at radius 2 is 1.77 bits per heavy atom. The van der Waals surface area contributed by atoms with Crippen LogP contribution in [0.2, 0.25) is 0 Å². The molecular weight excluding hydrogens is 288 g/mol. The van der Waals surface area contributed by atoms with Crippen molar-refractivity contribution in [2.45, 2.75) is 75.1 Å². The average Bonchev–Trinajstić information content (AvgIpc) is 2.49. The van der Waals surface area contributed by atoms with Gasteiger partial charge in [0, 0.05) is 26.4 Å². The first-order valence-corrected chi connectivity index (χ1v) is 8.24. The maximum absolute atomic E-state index is 12.4. The van der Waals surface area contributed by atoms with Crippen molar-refractivity contribution < 1.29 is 29.6 Å². The number of rotatable bonds is 2. The number of carbonyl (C=O) groups excluding carboxylic acids is 1. The topological polar surface area (TPSA) is 96.2 Å². The van der Waals surface area contributed by atoms with Gasteiger partial charge in [-0.05, 0) is 25.2 Å². The molecule has 6 heteroatoms. The number of aliphatic hydroxyl groups is 3. The fourth-order valence-corrected chi connectivity index (χ4v) is 4.31. The van der Waals surface area contributed by atoms with E-state index in [2.05, 4.69) is 0 Å². The normalized spacial score (nSPS) is 49.7. The molecule has 126 valence electrons. The molecule has 0 aromatic rings. The summed E-state index contributed by atoms with van der Waals surface area (Å²) in [5, 5.41) is 29.7. The summed E-state index contributed by atoms with van der Waals surface area (Å²) in [5.74, 6) is -0.297. The van der Waals surface area contributed by atoms with E-state index in [-0.39, 0.29) is 30.0 Å². The molecule has 3 aliphatic rings. The first-order chi connectivity index (χ1) is 10.5. The van der Waals surface area contributed by atoms with Crippen LogP contribution in [0.15, 0.2) is 0 Å². The van der Waals surface area contributed by atoms with Crippen molar-refractivity contribution in [3.05, 3.63) is 0 Å². The molecule has 3 N–H and O–H groups in total. The molecule has 0 aromatic heterocycles. The predicted molar refractivity (Wildman–Crippen MR) is 77.2 cm³/mol. The molecule has 0 radical (unpaired) electrons. The molecule has 8 atom stereocenters. The molecule has 2 aliphatic carbocycles. The van der Waals surface area contributed by atoms with Crippen LogP contribution in [-0.2, 0) is 14.3 Å². The molecule has 2 saturated carbocycles. The molecule has 0 bridgehead atoms. The van der Waals surface area contributed by atoms with Gasteiger partial charge in [-0.2, -0.15) is 0 Å². The molecular formula is C16H26O6. The van der Waals surface area contributed by atoms with Crippen LogP contribution in [0.5, 0.6) is 0 Å². The summed E-state index contributed by atoms with van der Waals surface area (Å²) in [4.78, 5) is 12.4. The Hall–Kier alpha value is -0.530. The fourth-order valence-electron chi connectivity index (χ4n) is 4.31. The van der Waals surface area contributed by atoms with Gasteiger partial charge in [0.2, 0.25) is 0 Å². The van der Waals surface area contributed by atoms with E-state index in [9.17, 15) is 20.1 Å². The van der Waals surface area contributed by atoms with Gasteiger partial charge in [0.1, 0.15) is 5.78 Å². The molecule has 0 amide bonds. The fraction of sp³-hybridized carbons (Fsp3) is 0.938. The number of ether oxygens (including phenoxy) is 2. The Labute approximate surface area is 130 Å². The van der Waals surface area contributed by atoms with Crippen molar-refractivity contribution in [1.29, 1.82) is 0 Å². The molecule has 1 saturated heterocycles. The van der Waals surface area contributed by atoms with Gasteiger partial charge in [-0.3, -0.25) is 4.79 Å². The van der Waals surface area contributed by atoms with Crippen LogP contribution in [0.25, 0.3) is 0 Å². The highest BCUT2D eigenvalue weighted by Crippen LogP contribution is 2.40. The zero-order valence-electron chi connectivity index (χ0n) is 12.9. The van der Waals surface area contributed by atoms with Gasteiger partial charge >= 0.3 is 0 Å². The third-order valence-electron chi connectivity index (χ3n) is 5.62. The van der Waals surface area contributed by atoms with Crippen molar-refractivity contribution in [1.82, 2.24) is 0 Å². The zero-order chi connectivity index (χ0) is 15.9. The molecule has 0 spiro atoms. The van der Waals surface area contributed by atoms with E-state index in [0.717, 1.165) is 6.42 Å². The third kappa shape index (κ3) is 3.08. The van der Waals surface area contributed by atoms with E-state index in [1.807, 2.05) is 0 Å². The van der Waals surface area contributed by atoms with Gasteiger partial charge < -0.3 is 24.8 Å². The highest BCUT2D eigenvalue weighted by atomic mass is 16.5. The highest BCUT2D eigenvalue weighted by Gasteiger charge is 2.48. The van der Waals surface area contributed by atoms with Gasteiger partial charge in [0.05, 0.1) is 42.5 Å². The number of ketones is 1. The third-order valence-corrected chi connectivity index (χ3v) is 5.62. The minimum Gasteiger partial charge on any atom is -0.392 e. The largest absolute Gasteiger partial charge is 0.392 e. The molecule has 22 heavy (non-hydrogen) atoms. The van der Waals surface area contributed by atoms with Gasteiger partial charge in [0.15, 0.2) is 0 Å². The number of hydrogen-bond acceptors (Lipinski definition) is 6. The number of Topliss-reactive ketones (excluding diaryl/α,β-unsaturated/α-hetero) is 1. The minimum absolute atomic E-state index is 0.0592. The van der Waals surface area contributed by atoms with Crippen LogP contribution >= 0.6 is 0 Å². The van der Waals surface area contributed by atoms with Crippen LogP contribution in [0.3, 0.4) is 0 Å². The van der Waals surface area contributed by atoms with Crippen molar-refractivity contribution in [2.24, 2.45) is 11.8 Å². The van der Waals surface area contributed by atoms with Crippen LogP contribution in [0.4, 0.5) is 0 Å². The van der Waals surface area contributed by atoms with Gasteiger partial charge in [-0.1, -0.05) is 0 Å². The summed E-state index contributed by atoms with van der Waals surface area (Å²) in [6, 6.07) is 0. The van der Waals surface area contributed by atoms with Gasteiger partial charge in [-0.15, -0.1) is 0 Å². The van der Waals surface area contributed by atoms with E-state index in [1.54, 1.807) is 7.11 Å². The number of fused-ring (bicyclic) bond motifs is 1. The van der Waals surface area contributed by atoms with Crippen LogP contribution in [0.1, 0.15) is 38.5 Å². The van der Waals surface area contributed by atoms with Crippen molar-refractivity contribution in [3.63, 3.8) is 0 Å². The minimum atomic E-state index is -0.737. The summed E-state index contributed by atoms with van der Waals surface area (Å²) >= 11 is 0. The van der Waals surface area contributed by atoms with Crippen molar-refractivity contribution in [2.75, 3.05) is 7.11 Å². The second-order valence-electron chi connectivity index (χ2n) is 7.01. The molecule has 1 aliphatic heterocycles. The standard InChI is InChI=1S/C16H26O6/c1-21-9-5-12(19)16-13(20)7-14(22-15(16)6-9)8-2-3-10(17)11(18)4-8/h8-12,14-19H,2-7H2,1H3. The quantitative estimate of drug-likeness (QED) is 0.665. The summed E-state index contributed by atoms with van der Waals surface area (Å²) in [5.41, 5.74) is 0. The molecule has 8 unspecified atom stereocenters. The summed E-state index contributed by atoms with van der Waals surface area (Å²) < 4.78 is 11.5. The van der Waals surface area contributed by atoms with E-state index in [1.165, 1.54) is 0 Å². The smallest absolute Gasteiger partial charge is 0.143 e. The maximum Gasteiger partial charge on any atom is 0.143 e. The molecule has 1 heterocycles. The lowest BCUT2D eigenvalue weighted by Crippen LogP contribution is -2.54.